The lowest BCUT2D eigenvalue weighted by Gasteiger charge is -2.12. The van der Waals surface area contributed by atoms with Crippen molar-refractivity contribution in [3.05, 3.63) is 34.7 Å². The van der Waals surface area contributed by atoms with Gasteiger partial charge in [0.15, 0.2) is 0 Å². The van der Waals surface area contributed by atoms with Gasteiger partial charge in [0.2, 0.25) is 11.8 Å². The van der Waals surface area contributed by atoms with Crippen LogP contribution in [0, 0.1) is 20.8 Å². The second kappa shape index (κ2) is 6.76. The molecule has 0 spiro atoms. The van der Waals surface area contributed by atoms with Crippen molar-refractivity contribution in [1.82, 2.24) is 10.2 Å². The van der Waals surface area contributed by atoms with Crippen LogP contribution in [0.3, 0.4) is 0 Å². The zero-order valence-corrected chi connectivity index (χ0v) is 13.5. The van der Waals surface area contributed by atoms with Crippen molar-refractivity contribution in [2.75, 3.05) is 11.1 Å². The lowest BCUT2D eigenvalue weighted by Crippen LogP contribution is -2.15. The van der Waals surface area contributed by atoms with Crippen LogP contribution in [0.15, 0.2) is 21.8 Å². The number of carbonyl (C=O) groups excluding carboxylic acids is 1. The Morgan fingerprint density at radius 2 is 1.90 bits per heavy atom. The molecule has 0 unspecified atom stereocenters. The minimum atomic E-state index is -0.0775. The van der Waals surface area contributed by atoms with E-state index in [2.05, 4.69) is 27.6 Å². The molecule has 1 aromatic carbocycles. The van der Waals surface area contributed by atoms with Gasteiger partial charge >= 0.3 is 0 Å². The molecule has 0 aliphatic rings. The van der Waals surface area contributed by atoms with Crippen molar-refractivity contribution in [3.63, 3.8) is 0 Å². The van der Waals surface area contributed by atoms with Crippen molar-refractivity contribution in [2.24, 2.45) is 0 Å². The number of amides is 1. The van der Waals surface area contributed by atoms with E-state index in [0.29, 0.717) is 17.5 Å². The quantitative estimate of drug-likeness (QED) is 0.859. The van der Waals surface area contributed by atoms with Crippen LogP contribution < -0.4 is 5.32 Å². The standard InChI is InChI=1S/C15H19N3O2S/c1-5-13-17-18-15(20-13)21-8-12(19)16-14-10(3)6-9(2)7-11(14)4/h6-7H,5,8H2,1-4H3,(H,16,19). The Labute approximate surface area is 128 Å². The molecular formula is C15H19N3O2S. The third kappa shape index (κ3) is 4.07. The van der Waals surface area contributed by atoms with Gasteiger partial charge in [-0.1, -0.05) is 36.4 Å². The molecule has 0 atom stereocenters. The Morgan fingerprint density at radius 1 is 1.24 bits per heavy atom. The first-order chi connectivity index (χ1) is 9.99. The Balaban J connectivity index is 1.96. The van der Waals surface area contributed by atoms with Crippen molar-refractivity contribution < 1.29 is 9.21 Å². The predicted octanol–water partition coefficient (Wildman–Crippen LogP) is 3.29. The number of nitrogens with one attached hydrogen (secondary N) is 1. The fourth-order valence-corrected chi connectivity index (χ4v) is 2.70. The van der Waals surface area contributed by atoms with Crippen LogP contribution in [0.5, 0.6) is 0 Å². The van der Waals surface area contributed by atoms with Crippen molar-refractivity contribution in [3.8, 4) is 0 Å². The monoisotopic (exact) mass is 305 g/mol. The largest absolute Gasteiger partial charge is 0.416 e. The van der Waals surface area contributed by atoms with E-state index in [4.69, 9.17) is 4.42 Å². The summed E-state index contributed by atoms with van der Waals surface area (Å²) in [6, 6.07) is 4.11. The zero-order valence-electron chi connectivity index (χ0n) is 12.7. The first-order valence-corrected chi connectivity index (χ1v) is 7.81. The normalized spacial score (nSPS) is 10.7. The van der Waals surface area contributed by atoms with E-state index in [-0.39, 0.29) is 11.7 Å². The summed E-state index contributed by atoms with van der Waals surface area (Å²) in [5.74, 6) is 0.757. The maximum absolute atomic E-state index is 12.0. The number of nitrogens with zero attached hydrogens (tertiary/aromatic N) is 2. The van der Waals surface area contributed by atoms with Crippen molar-refractivity contribution in [2.45, 2.75) is 39.3 Å². The van der Waals surface area contributed by atoms with Gasteiger partial charge in [0.25, 0.3) is 5.22 Å². The summed E-state index contributed by atoms with van der Waals surface area (Å²) in [5, 5.41) is 11.1. The van der Waals surface area contributed by atoms with Gasteiger partial charge in [-0.25, -0.2) is 0 Å². The highest BCUT2D eigenvalue weighted by molar-refractivity contribution is 7.99. The first kappa shape index (κ1) is 15.6. The summed E-state index contributed by atoms with van der Waals surface area (Å²) in [5.41, 5.74) is 4.20. The molecule has 1 heterocycles. The zero-order chi connectivity index (χ0) is 15.4. The molecule has 0 aliphatic heterocycles. The molecule has 0 saturated heterocycles. The van der Waals surface area contributed by atoms with E-state index in [1.165, 1.54) is 17.3 Å². The fraction of sp³-hybridized carbons (Fsp3) is 0.400. The predicted molar refractivity (Wildman–Crippen MR) is 83.7 cm³/mol. The summed E-state index contributed by atoms with van der Waals surface area (Å²) in [6.45, 7) is 7.97. The lowest BCUT2D eigenvalue weighted by molar-refractivity contribution is -0.113. The van der Waals surface area contributed by atoms with Crippen molar-refractivity contribution >= 4 is 23.4 Å². The second-order valence-electron chi connectivity index (χ2n) is 4.93. The van der Waals surface area contributed by atoms with E-state index in [0.717, 1.165) is 16.8 Å². The molecule has 112 valence electrons. The highest BCUT2D eigenvalue weighted by Gasteiger charge is 2.11. The van der Waals surface area contributed by atoms with Crippen molar-refractivity contribution in [1.29, 1.82) is 0 Å². The maximum Gasteiger partial charge on any atom is 0.277 e. The smallest absolute Gasteiger partial charge is 0.277 e. The molecule has 0 fully saturated rings. The van der Waals surface area contributed by atoms with E-state index >= 15 is 0 Å². The molecule has 5 nitrogen and oxygen atoms in total. The average molecular weight is 305 g/mol. The van der Waals surface area contributed by atoms with Gasteiger partial charge in [0, 0.05) is 12.1 Å². The third-order valence-electron chi connectivity index (χ3n) is 3.02. The minimum Gasteiger partial charge on any atom is -0.416 e. The number of hydrogen-bond acceptors (Lipinski definition) is 5. The fourth-order valence-electron chi connectivity index (χ4n) is 2.12. The van der Waals surface area contributed by atoms with Gasteiger partial charge < -0.3 is 9.73 Å². The molecule has 0 saturated carbocycles. The van der Waals surface area contributed by atoms with Crippen LogP contribution in [-0.4, -0.2) is 21.9 Å². The van der Waals surface area contributed by atoms with Crippen LogP contribution in [0.4, 0.5) is 5.69 Å². The number of thioether (sulfide) groups is 1. The van der Waals surface area contributed by atoms with Gasteiger partial charge in [-0.3, -0.25) is 4.79 Å². The molecule has 1 amide bonds. The van der Waals surface area contributed by atoms with Gasteiger partial charge in [-0.2, -0.15) is 0 Å². The van der Waals surface area contributed by atoms with Crippen LogP contribution in [0.1, 0.15) is 29.5 Å². The number of carbonyl (C=O) groups is 1. The molecule has 21 heavy (non-hydrogen) atoms. The number of aromatic nitrogens is 2. The van der Waals surface area contributed by atoms with Crippen LogP contribution in [0.2, 0.25) is 0 Å². The molecule has 1 N–H and O–H groups in total. The van der Waals surface area contributed by atoms with Crippen LogP contribution in [0.25, 0.3) is 0 Å². The highest BCUT2D eigenvalue weighted by atomic mass is 32.2. The Morgan fingerprint density at radius 3 is 2.48 bits per heavy atom. The number of hydrogen-bond donors (Lipinski definition) is 1. The van der Waals surface area contributed by atoms with E-state index in [1.807, 2.05) is 27.7 Å². The number of anilines is 1. The lowest BCUT2D eigenvalue weighted by atomic mass is 10.1. The number of rotatable bonds is 5. The Kier molecular flexibility index (Phi) is 5.01. The second-order valence-corrected chi connectivity index (χ2v) is 5.85. The highest BCUT2D eigenvalue weighted by Crippen LogP contribution is 2.23. The summed E-state index contributed by atoms with van der Waals surface area (Å²) in [6.07, 6.45) is 0.696. The minimum absolute atomic E-state index is 0.0775. The molecule has 0 bridgehead atoms. The maximum atomic E-state index is 12.0. The Hall–Kier alpha value is -1.82. The topological polar surface area (TPSA) is 68.0 Å². The van der Waals surface area contributed by atoms with Gasteiger partial charge in [-0.05, 0) is 31.9 Å². The van der Waals surface area contributed by atoms with Crippen LogP contribution in [-0.2, 0) is 11.2 Å². The molecular weight excluding hydrogens is 286 g/mol. The summed E-state index contributed by atoms with van der Waals surface area (Å²) >= 11 is 1.25. The van der Waals surface area contributed by atoms with Gasteiger partial charge in [0.05, 0.1) is 5.75 Å². The summed E-state index contributed by atoms with van der Waals surface area (Å²) in [7, 11) is 0. The molecule has 0 radical (unpaired) electrons. The van der Waals surface area contributed by atoms with Gasteiger partial charge in [-0.15, -0.1) is 10.2 Å². The van der Waals surface area contributed by atoms with E-state index < -0.39 is 0 Å². The number of benzene rings is 1. The first-order valence-electron chi connectivity index (χ1n) is 6.82. The average Bonchev–Trinajstić information content (AvgIpc) is 2.88. The molecule has 2 rings (SSSR count). The summed E-state index contributed by atoms with van der Waals surface area (Å²) < 4.78 is 5.36. The van der Waals surface area contributed by atoms with E-state index in [1.54, 1.807) is 0 Å². The molecule has 2 aromatic rings. The molecule has 6 heteroatoms. The van der Waals surface area contributed by atoms with Crippen LogP contribution >= 0.6 is 11.8 Å². The molecule has 1 aromatic heterocycles. The van der Waals surface area contributed by atoms with Gasteiger partial charge in [0.1, 0.15) is 0 Å². The SMILES string of the molecule is CCc1nnc(SCC(=O)Nc2c(C)cc(C)cc2C)o1. The number of aryl methyl sites for hydroxylation is 4. The molecule has 0 aliphatic carbocycles. The van der Waals surface area contributed by atoms with E-state index in [9.17, 15) is 4.79 Å². The third-order valence-corrected chi connectivity index (χ3v) is 3.84. The Bertz CT molecular complexity index is 629. The summed E-state index contributed by atoms with van der Waals surface area (Å²) in [4.78, 5) is 12.0.